The second-order valence-corrected chi connectivity index (χ2v) is 9.57. The lowest BCUT2D eigenvalue weighted by atomic mass is 10.1. The summed E-state index contributed by atoms with van der Waals surface area (Å²) >= 11 is 7.39. The predicted octanol–water partition coefficient (Wildman–Crippen LogP) is 7.10. The first-order valence-electron chi connectivity index (χ1n) is 10.6. The molecule has 6 heteroatoms. The minimum absolute atomic E-state index is 0.138. The first kappa shape index (κ1) is 21.6. The number of aryl methyl sites for hydroxylation is 2. The Morgan fingerprint density at radius 1 is 0.970 bits per heavy atom. The second kappa shape index (κ2) is 8.58. The average Bonchev–Trinajstić information content (AvgIpc) is 3.27. The van der Waals surface area contributed by atoms with E-state index in [1.807, 2.05) is 25.1 Å². The fourth-order valence-electron chi connectivity index (χ4n) is 4.12. The van der Waals surface area contributed by atoms with Crippen molar-refractivity contribution in [2.75, 3.05) is 0 Å². The van der Waals surface area contributed by atoms with Crippen LogP contribution in [0.3, 0.4) is 0 Å². The van der Waals surface area contributed by atoms with E-state index < -0.39 is 0 Å². The number of carbonyl (C=O) groups is 1. The largest absolute Gasteiger partial charge is 0.318 e. The third-order valence-corrected chi connectivity index (χ3v) is 6.92. The van der Waals surface area contributed by atoms with Crippen LogP contribution in [-0.4, -0.2) is 15.6 Å². The highest BCUT2D eigenvalue weighted by molar-refractivity contribution is 8.18. The molecule has 1 fully saturated rings. The molecule has 0 aliphatic carbocycles. The molecule has 0 spiro atoms. The van der Waals surface area contributed by atoms with Crippen molar-refractivity contribution >= 4 is 57.0 Å². The summed E-state index contributed by atoms with van der Waals surface area (Å²) in [6.45, 7) is 6.12. The van der Waals surface area contributed by atoms with Gasteiger partial charge < -0.3 is 9.88 Å². The zero-order valence-electron chi connectivity index (χ0n) is 18.5. The number of nitrogens with zero attached hydrogens (tertiary/aromatic N) is 2. The van der Waals surface area contributed by atoms with Gasteiger partial charge in [-0.3, -0.25) is 4.79 Å². The van der Waals surface area contributed by atoms with Crippen molar-refractivity contribution in [3.8, 4) is 5.69 Å². The van der Waals surface area contributed by atoms with Crippen LogP contribution >= 0.6 is 23.4 Å². The highest BCUT2D eigenvalue weighted by atomic mass is 35.5. The van der Waals surface area contributed by atoms with Gasteiger partial charge in [-0.1, -0.05) is 41.9 Å². The summed E-state index contributed by atoms with van der Waals surface area (Å²) in [6.07, 6.45) is 1.94. The Morgan fingerprint density at radius 3 is 2.55 bits per heavy atom. The summed E-state index contributed by atoms with van der Waals surface area (Å²) in [5.74, 6) is -0.138. The van der Waals surface area contributed by atoms with E-state index in [0.29, 0.717) is 15.1 Å². The Morgan fingerprint density at radius 2 is 1.76 bits per heavy atom. The van der Waals surface area contributed by atoms with Crippen LogP contribution in [0.4, 0.5) is 5.69 Å². The van der Waals surface area contributed by atoms with Gasteiger partial charge in [-0.25, -0.2) is 4.99 Å². The van der Waals surface area contributed by atoms with Crippen LogP contribution in [0.5, 0.6) is 0 Å². The number of thioether (sulfide) groups is 1. The van der Waals surface area contributed by atoms with Gasteiger partial charge in [-0.15, -0.1) is 0 Å². The first-order chi connectivity index (χ1) is 15.9. The van der Waals surface area contributed by atoms with Crippen molar-refractivity contribution < 1.29 is 4.79 Å². The van der Waals surface area contributed by atoms with E-state index in [9.17, 15) is 4.79 Å². The van der Waals surface area contributed by atoms with Gasteiger partial charge in [0.05, 0.1) is 10.6 Å². The Labute approximate surface area is 202 Å². The summed E-state index contributed by atoms with van der Waals surface area (Å²) in [5.41, 5.74) is 6.07. The van der Waals surface area contributed by atoms with E-state index >= 15 is 0 Å². The number of rotatable bonds is 3. The van der Waals surface area contributed by atoms with Crippen LogP contribution in [0, 0.1) is 20.8 Å². The van der Waals surface area contributed by atoms with E-state index in [2.05, 4.69) is 77.3 Å². The van der Waals surface area contributed by atoms with Crippen LogP contribution in [0.2, 0.25) is 5.02 Å². The van der Waals surface area contributed by atoms with Crippen LogP contribution in [-0.2, 0) is 4.79 Å². The van der Waals surface area contributed by atoms with Gasteiger partial charge in [0, 0.05) is 22.1 Å². The lowest BCUT2D eigenvalue weighted by Gasteiger charge is -2.11. The molecule has 2 heterocycles. The highest BCUT2D eigenvalue weighted by Crippen LogP contribution is 2.32. The van der Waals surface area contributed by atoms with Gasteiger partial charge in [0.15, 0.2) is 5.17 Å². The maximum atomic E-state index is 12.6. The summed E-state index contributed by atoms with van der Waals surface area (Å²) in [5, 5.41) is 6.53. The minimum atomic E-state index is -0.138. The predicted molar refractivity (Wildman–Crippen MR) is 140 cm³/mol. The van der Waals surface area contributed by atoms with Crippen LogP contribution < -0.4 is 5.32 Å². The SMILES string of the molecule is Cc1cc(Cl)ccc1N=C1NC(=O)/C(=C/c2cc(C)n(-c3ccc4ccccc4c3)c2C)S1. The van der Waals surface area contributed by atoms with Crippen molar-refractivity contribution in [1.29, 1.82) is 0 Å². The number of hydrogen-bond donors (Lipinski definition) is 1. The molecule has 0 saturated carbocycles. The van der Waals surface area contributed by atoms with E-state index in [4.69, 9.17) is 11.6 Å². The molecule has 5 rings (SSSR count). The minimum Gasteiger partial charge on any atom is -0.318 e. The molecule has 1 saturated heterocycles. The molecule has 1 aromatic heterocycles. The second-order valence-electron chi connectivity index (χ2n) is 8.11. The molecule has 0 bridgehead atoms. The average molecular weight is 472 g/mol. The summed E-state index contributed by atoms with van der Waals surface area (Å²) in [6, 6.07) is 22.5. The fraction of sp³-hybridized carbons (Fsp3) is 0.111. The summed E-state index contributed by atoms with van der Waals surface area (Å²) in [4.78, 5) is 17.9. The molecule has 164 valence electrons. The number of nitrogens with one attached hydrogen (secondary N) is 1. The van der Waals surface area contributed by atoms with E-state index in [-0.39, 0.29) is 5.91 Å². The molecule has 1 amide bonds. The van der Waals surface area contributed by atoms with Crippen molar-refractivity contribution in [3.05, 3.63) is 99.2 Å². The van der Waals surface area contributed by atoms with Crippen LogP contribution in [0.15, 0.2) is 76.6 Å². The van der Waals surface area contributed by atoms with E-state index in [1.165, 1.54) is 22.5 Å². The number of amidine groups is 1. The number of halogens is 1. The molecule has 1 N–H and O–H groups in total. The number of benzene rings is 3. The molecule has 0 radical (unpaired) electrons. The third-order valence-electron chi connectivity index (χ3n) is 5.78. The monoisotopic (exact) mass is 471 g/mol. The molecular weight excluding hydrogens is 450 g/mol. The number of amides is 1. The number of aliphatic imine (C=N–C) groups is 1. The smallest absolute Gasteiger partial charge is 0.264 e. The van der Waals surface area contributed by atoms with Gasteiger partial charge in [-0.05, 0) is 96.9 Å². The van der Waals surface area contributed by atoms with Crippen molar-refractivity contribution in [3.63, 3.8) is 0 Å². The maximum absolute atomic E-state index is 12.6. The van der Waals surface area contributed by atoms with Gasteiger partial charge in [0.2, 0.25) is 0 Å². The molecule has 3 aromatic carbocycles. The number of aromatic nitrogens is 1. The Balaban J connectivity index is 1.47. The Kier molecular flexibility index (Phi) is 5.60. The molecule has 0 unspecified atom stereocenters. The lowest BCUT2D eigenvalue weighted by Crippen LogP contribution is -2.19. The molecule has 1 aliphatic rings. The zero-order valence-corrected chi connectivity index (χ0v) is 20.1. The maximum Gasteiger partial charge on any atom is 0.264 e. The summed E-state index contributed by atoms with van der Waals surface area (Å²) in [7, 11) is 0. The number of hydrogen-bond acceptors (Lipinski definition) is 3. The molecule has 4 nitrogen and oxygen atoms in total. The summed E-state index contributed by atoms with van der Waals surface area (Å²) < 4.78 is 2.22. The normalized spacial score (nSPS) is 16.2. The van der Waals surface area contributed by atoms with Gasteiger partial charge in [0.1, 0.15) is 0 Å². The Bertz CT molecular complexity index is 1480. The van der Waals surface area contributed by atoms with E-state index in [0.717, 1.165) is 33.9 Å². The fourth-order valence-corrected chi connectivity index (χ4v) is 5.17. The van der Waals surface area contributed by atoms with E-state index in [1.54, 1.807) is 6.07 Å². The lowest BCUT2D eigenvalue weighted by molar-refractivity contribution is -0.115. The topological polar surface area (TPSA) is 46.4 Å². The molecular formula is C27H22ClN3OS. The quantitative estimate of drug-likeness (QED) is 0.324. The van der Waals surface area contributed by atoms with Crippen molar-refractivity contribution in [1.82, 2.24) is 9.88 Å². The van der Waals surface area contributed by atoms with Crippen LogP contribution in [0.1, 0.15) is 22.5 Å². The molecule has 1 aliphatic heterocycles. The molecule has 33 heavy (non-hydrogen) atoms. The van der Waals surface area contributed by atoms with Crippen molar-refractivity contribution in [2.45, 2.75) is 20.8 Å². The Hall–Kier alpha value is -3.28. The number of carbonyl (C=O) groups excluding carboxylic acids is 1. The van der Waals surface area contributed by atoms with Crippen molar-refractivity contribution in [2.24, 2.45) is 4.99 Å². The third kappa shape index (κ3) is 4.22. The number of fused-ring (bicyclic) bond motifs is 1. The van der Waals surface area contributed by atoms with Gasteiger partial charge in [0.25, 0.3) is 5.91 Å². The van der Waals surface area contributed by atoms with Gasteiger partial charge >= 0.3 is 0 Å². The molecule has 4 aromatic rings. The first-order valence-corrected chi connectivity index (χ1v) is 11.8. The zero-order chi connectivity index (χ0) is 23.1. The van der Waals surface area contributed by atoms with Crippen LogP contribution in [0.25, 0.3) is 22.5 Å². The highest BCUT2D eigenvalue weighted by Gasteiger charge is 2.25. The standard InChI is InChI=1S/C27H22ClN3OS/c1-16-12-22(28)9-11-24(16)29-27-30-26(32)25(33-27)15-21-13-17(2)31(18(21)3)23-10-8-19-6-4-5-7-20(19)14-23/h4-15H,1-3H3,(H,29,30,32)/b25-15-. The van der Waals surface area contributed by atoms with Gasteiger partial charge in [-0.2, -0.15) is 0 Å². The molecule has 0 atom stereocenters.